The first-order chi connectivity index (χ1) is 13.0. The minimum atomic E-state index is -0.0776. The van der Waals surface area contributed by atoms with Gasteiger partial charge >= 0.3 is 0 Å². The first-order valence-electron chi connectivity index (χ1n) is 8.49. The van der Waals surface area contributed by atoms with Crippen LogP contribution < -0.4 is 15.0 Å². The Bertz CT molecular complexity index is 912. The van der Waals surface area contributed by atoms with Gasteiger partial charge in [0.1, 0.15) is 23.0 Å². The maximum Gasteiger partial charge on any atom is 0.279 e. The van der Waals surface area contributed by atoms with Gasteiger partial charge in [0, 0.05) is 10.9 Å². The number of ether oxygens (including phenoxy) is 1. The smallest absolute Gasteiger partial charge is 0.279 e. The van der Waals surface area contributed by atoms with Crippen LogP contribution in [0, 0.1) is 0 Å². The van der Waals surface area contributed by atoms with Gasteiger partial charge in [-0.25, -0.2) is 4.98 Å². The van der Waals surface area contributed by atoms with E-state index < -0.39 is 0 Å². The molecule has 0 saturated carbocycles. The van der Waals surface area contributed by atoms with Crippen LogP contribution >= 0.6 is 22.9 Å². The predicted octanol–water partition coefficient (Wildman–Crippen LogP) is 3.13. The molecule has 0 radical (unpaired) electrons. The largest absolute Gasteiger partial charge is 0.497 e. The van der Waals surface area contributed by atoms with Gasteiger partial charge in [0.25, 0.3) is 5.91 Å². The highest BCUT2D eigenvalue weighted by molar-refractivity contribution is 7.13. The third-order valence-corrected chi connectivity index (χ3v) is 5.25. The second-order valence-electron chi connectivity index (χ2n) is 6.21. The minimum Gasteiger partial charge on any atom is -0.497 e. The number of methoxy groups -OCH3 is 1. The van der Waals surface area contributed by atoms with Crippen molar-refractivity contribution < 1.29 is 14.4 Å². The van der Waals surface area contributed by atoms with Crippen LogP contribution in [0.5, 0.6) is 5.75 Å². The summed E-state index contributed by atoms with van der Waals surface area (Å²) in [4.78, 5) is 18.0. The Morgan fingerprint density at radius 3 is 2.67 bits per heavy atom. The lowest BCUT2D eigenvalue weighted by Crippen LogP contribution is -3.08. The molecule has 1 aromatic heterocycles. The van der Waals surface area contributed by atoms with E-state index >= 15 is 0 Å². The number of hydrogen-bond donors (Lipinski definition) is 2. The third kappa shape index (κ3) is 5.29. The van der Waals surface area contributed by atoms with Crippen LogP contribution in [-0.4, -0.2) is 31.6 Å². The van der Waals surface area contributed by atoms with E-state index in [9.17, 15) is 4.79 Å². The summed E-state index contributed by atoms with van der Waals surface area (Å²) in [5.41, 5.74) is 2.66. The van der Waals surface area contributed by atoms with E-state index in [1.54, 1.807) is 30.6 Å². The lowest BCUT2D eigenvalue weighted by molar-refractivity contribution is -0.885. The van der Waals surface area contributed by atoms with Crippen LogP contribution in [0.1, 0.15) is 5.69 Å². The van der Waals surface area contributed by atoms with Crippen LogP contribution in [0.25, 0.3) is 10.6 Å². The van der Waals surface area contributed by atoms with Gasteiger partial charge in [0.15, 0.2) is 6.54 Å². The quantitative estimate of drug-likeness (QED) is 0.638. The maximum absolute atomic E-state index is 12.2. The summed E-state index contributed by atoms with van der Waals surface area (Å²) in [7, 11) is 3.62. The topological polar surface area (TPSA) is 55.7 Å². The standard InChI is InChI=1S/C20H20ClN3O2S/c1-24(12-19(25)23-18-6-4-3-5-17(18)21)11-15-13-27-20(22-15)14-7-9-16(26-2)10-8-14/h3-10,13H,11-12H2,1-2H3,(H,23,25)/p+1. The molecule has 0 saturated heterocycles. The molecule has 27 heavy (non-hydrogen) atoms. The molecule has 1 unspecified atom stereocenters. The Labute approximate surface area is 167 Å². The van der Waals surface area contributed by atoms with Crippen molar-refractivity contribution in [2.75, 3.05) is 26.0 Å². The molecule has 1 atom stereocenters. The van der Waals surface area contributed by atoms with Crippen molar-refractivity contribution in [2.45, 2.75) is 6.54 Å². The lowest BCUT2D eigenvalue weighted by Gasteiger charge is -2.13. The molecular formula is C20H21ClN3O2S+. The monoisotopic (exact) mass is 402 g/mol. The molecule has 0 aliphatic carbocycles. The van der Waals surface area contributed by atoms with E-state index in [-0.39, 0.29) is 5.91 Å². The molecule has 3 rings (SSSR count). The van der Waals surface area contributed by atoms with Crippen LogP contribution in [0.2, 0.25) is 5.02 Å². The summed E-state index contributed by atoms with van der Waals surface area (Å²) in [6, 6.07) is 15.1. The van der Waals surface area contributed by atoms with Crippen LogP contribution in [0.4, 0.5) is 5.69 Å². The molecule has 0 bridgehead atoms. The number of nitrogens with zero attached hydrogens (tertiary/aromatic N) is 1. The first-order valence-corrected chi connectivity index (χ1v) is 9.75. The number of carbonyl (C=O) groups is 1. The second kappa shape index (κ2) is 8.99. The number of aromatic nitrogens is 1. The average molecular weight is 403 g/mol. The van der Waals surface area contributed by atoms with E-state index in [0.29, 0.717) is 23.8 Å². The fraction of sp³-hybridized carbons (Fsp3) is 0.200. The number of carbonyl (C=O) groups excluding carboxylic acids is 1. The van der Waals surface area contributed by atoms with Gasteiger partial charge in [-0.2, -0.15) is 0 Å². The Hall–Kier alpha value is -2.41. The van der Waals surface area contributed by atoms with Crippen molar-refractivity contribution in [1.29, 1.82) is 0 Å². The predicted molar refractivity (Wildman–Crippen MR) is 110 cm³/mol. The van der Waals surface area contributed by atoms with Crippen LogP contribution in [0.3, 0.4) is 0 Å². The molecule has 0 fully saturated rings. The number of nitrogens with one attached hydrogen (secondary N) is 2. The molecule has 0 aliphatic rings. The number of rotatable bonds is 7. The number of anilines is 1. The zero-order valence-electron chi connectivity index (χ0n) is 15.2. The summed E-state index contributed by atoms with van der Waals surface area (Å²) in [6.07, 6.45) is 0. The molecule has 5 nitrogen and oxygen atoms in total. The van der Waals surface area contributed by atoms with Crippen molar-refractivity contribution >= 4 is 34.5 Å². The fourth-order valence-corrected chi connectivity index (χ4v) is 3.67. The summed E-state index contributed by atoms with van der Waals surface area (Å²) in [5.74, 6) is 0.746. The first kappa shape index (κ1) is 19.4. The fourth-order valence-electron chi connectivity index (χ4n) is 2.66. The molecule has 0 spiro atoms. The number of hydrogen-bond acceptors (Lipinski definition) is 4. The zero-order valence-corrected chi connectivity index (χ0v) is 16.7. The number of likely N-dealkylation sites (N-methyl/N-ethyl adjacent to an activating group) is 1. The number of quaternary nitrogens is 1. The van der Waals surface area contributed by atoms with Crippen molar-refractivity contribution in [2.24, 2.45) is 0 Å². The van der Waals surface area contributed by atoms with E-state index in [0.717, 1.165) is 26.9 Å². The Kier molecular flexibility index (Phi) is 6.45. The second-order valence-corrected chi connectivity index (χ2v) is 7.48. The van der Waals surface area contributed by atoms with E-state index in [1.165, 1.54) is 0 Å². The molecule has 2 aromatic carbocycles. The highest BCUT2D eigenvalue weighted by atomic mass is 35.5. The van der Waals surface area contributed by atoms with Crippen molar-refractivity contribution in [1.82, 2.24) is 4.98 Å². The normalized spacial score (nSPS) is 11.8. The lowest BCUT2D eigenvalue weighted by atomic mass is 10.2. The van der Waals surface area contributed by atoms with Gasteiger partial charge in [-0.05, 0) is 36.4 Å². The van der Waals surface area contributed by atoms with E-state index in [1.807, 2.05) is 48.8 Å². The van der Waals surface area contributed by atoms with Crippen molar-refractivity contribution in [3.05, 3.63) is 64.6 Å². The molecule has 7 heteroatoms. The van der Waals surface area contributed by atoms with Gasteiger partial charge < -0.3 is 15.0 Å². The summed E-state index contributed by atoms with van der Waals surface area (Å²) in [6.45, 7) is 1.00. The van der Waals surface area contributed by atoms with E-state index in [2.05, 4.69) is 10.3 Å². The summed E-state index contributed by atoms with van der Waals surface area (Å²) in [5, 5.41) is 6.38. The van der Waals surface area contributed by atoms with Gasteiger partial charge in [0.2, 0.25) is 0 Å². The van der Waals surface area contributed by atoms with Crippen LogP contribution in [-0.2, 0) is 11.3 Å². The number of para-hydroxylation sites is 1. The molecule has 0 aliphatic heterocycles. The van der Waals surface area contributed by atoms with Gasteiger partial charge in [-0.3, -0.25) is 4.79 Å². The SMILES string of the molecule is COc1ccc(-c2nc(C[NH+](C)CC(=O)Nc3ccccc3Cl)cs2)cc1. The molecule has 140 valence electrons. The van der Waals surface area contributed by atoms with Crippen molar-refractivity contribution in [3.8, 4) is 16.3 Å². The molecule has 1 heterocycles. The minimum absolute atomic E-state index is 0.0776. The van der Waals surface area contributed by atoms with Crippen LogP contribution in [0.15, 0.2) is 53.9 Å². The average Bonchev–Trinajstić information content (AvgIpc) is 3.12. The molecule has 2 N–H and O–H groups in total. The number of benzene rings is 2. The highest BCUT2D eigenvalue weighted by Crippen LogP contribution is 2.25. The Balaban J connectivity index is 1.56. The Morgan fingerprint density at radius 1 is 1.22 bits per heavy atom. The molecule has 1 amide bonds. The van der Waals surface area contributed by atoms with E-state index in [4.69, 9.17) is 16.3 Å². The summed E-state index contributed by atoms with van der Waals surface area (Å²) < 4.78 is 5.18. The maximum atomic E-state index is 12.2. The summed E-state index contributed by atoms with van der Waals surface area (Å²) >= 11 is 7.67. The Morgan fingerprint density at radius 2 is 1.96 bits per heavy atom. The molecular weight excluding hydrogens is 382 g/mol. The van der Waals surface area contributed by atoms with Gasteiger partial charge in [0.05, 0.1) is 24.9 Å². The number of thiazole rings is 1. The third-order valence-electron chi connectivity index (χ3n) is 3.98. The zero-order chi connectivity index (χ0) is 19.2. The number of amides is 1. The van der Waals surface area contributed by atoms with Gasteiger partial charge in [-0.15, -0.1) is 11.3 Å². The number of halogens is 1. The molecule has 3 aromatic rings. The van der Waals surface area contributed by atoms with Gasteiger partial charge in [-0.1, -0.05) is 23.7 Å². The van der Waals surface area contributed by atoms with Crippen molar-refractivity contribution in [3.63, 3.8) is 0 Å². The highest BCUT2D eigenvalue weighted by Gasteiger charge is 2.14.